The van der Waals surface area contributed by atoms with E-state index in [4.69, 9.17) is 26.1 Å². The highest BCUT2D eigenvalue weighted by atomic mass is 16.6. The summed E-state index contributed by atoms with van der Waals surface area (Å²) in [7, 11) is 0. The molecule has 1 saturated heterocycles. The minimum atomic E-state index is -1.29. The average Bonchev–Trinajstić information content (AvgIpc) is 2.98. The lowest BCUT2D eigenvalue weighted by atomic mass is 10.1. The maximum atomic E-state index is 9.91. The number of nitrogens with two attached hydrogens (primary N) is 1. The summed E-state index contributed by atoms with van der Waals surface area (Å²) in [4.78, 5) is 3.93. The summed E-state index contributed by atoms with van der Waals surface area (Å²) in [5.74, 6) is 0.0628. The van der Waals surface area contributed by atoms with Crippen molar-refractivity contribution in [2.24, 2.45) is 0 Å². The molecule has 0 amide bonds. The molecule has 1 aromatic rings. The summed E-state index contributed by atoms with van der Waals surface area (Å²) in [6.07, 6.45) is -2.03. The second kappa shape index (κ2) is 5.91. The van der Waals surface area contributed by atoms with Crippen molar-refractivity contribution >= 4 is 11.9 Å². The largest absolute Gasteiger partial charge is 0.394 e. The third-order valence-corrected chi connectivity index (χ3v) is 3.18. The predicted molar refractivity (Wildman–Crippen MR) is 68.9 cm³/mol. The van der Waals surface area contributed by atoms with Gasteiger partial charge in [-0.3, -0.25) is 4.57 Å². The molecule has 0 saturated carbocycles. The number of hydrogen-bond acceptors (Lipinski definition) is 8. The van der Waals surface area contributed by atoms with Gasteiger partial charge in [0.1, 0.15) is 47.5 Å². The minimum Gasteiger partial charge on any atom is -0.394 e. The molecule has 1 aliphatic rings. The van der Waals surface area contributed by atoms with Crippen molar-refractivity contribution in [3.05, 3.63) is 17.6 Å². The normalized spacial score (nSPS) is 27.9. The molecule has 2 rings (SSSR count). The molecule has 110 valence electrons. The molecule has 0 aliphatic carbocycles. The van der Waals surface area contributed by atoms with E-state index in [0.717, 1.165) is 0 Å². The summed E-state index contributed by atoms with van der Waals surface area (Å²) in [6, 6.07) is 3.36. The molecule has 9 nitrogen and oxygen atoms in total. The van der Waals surface area contributed by atoms with E-state index in [-0.39, 0.29) is 17.1 Å². The molecule has 21 heavy (non-hydrogen) atoms. The van der Waals surface area contributed by atoms with Gasteiger partial charge in [0.15, 0.2) is 6.23 Å². The topological polar surface area (TPSA) is 161 Å². The van der Waals surface area contributed by atoms with Crippen molar-refractivity contribution in [2.75, 3.05) is 12.3 Å². The number of ether oxygens (including phenoxy) is 1. The van der Waals surface area contributed by atoms with Crippen LogP contribution in [0, 0.1) is 22.7 Å². The number of aliphatic hydroxyl groups excluding tert-OH is 3. The first-order valence-corrected chi connectivity index (χ1v) is 6.00. The molecular weight excluding hydrogens is 278 g/mol. The Morgan fingerprint density at radius 1 is 1.43 bits per heavy atom. The van der Waals surface area contributed by atoms with Crippen LogP contribution in [0.3, 0.4) is 0 Å². The molecule has 0 unspecified atom stereocenters. The predicted octanol–water partition coefficient (Wildman–Crippen LogP) is -1.49. The van der Waals surface area contributed by atoms with Crippen LogP contribution in [0.2, 0.25) is 0 Å². The summed E-state index contributed by atoms with van der Waals surface area (Å²) in [5.41, 5.74) is 5.84. The molecule has 0 spiro atoms. The summed E-state index contributed by atoms with van der Waals surface area (Å²) < 4.78 is 6.58. The van der Waals surface area contributed by atoms with Crippen molar-refractivity contribution in [3.8, 4) is 12.1 Å². The lowest BCUT2D eigenvalue weighted by Crippen LogP contribution is -2.33. The van der Waals surface area contributed by atoms with Crippen molar-refractivity contribution in [2.45, 2.75) is 24.5 Å². The highest BCUT2D eigenvalue weighted by Crippen LogP contribution is 2.32. The molecule has 1 aliphatic heterocycles. The standard InChI is InChI=1S/C12H13N5O4/c13-2-6(3-14)1-7-11(15)17(5-16-7)12-10(20)9(19)8(4-18)21-12/h1,5,8-10,12,18-20H,4,15H2/t8-,9-,10-,12-/m1/s1. The average molecular weight is 291 g/mol. The van der Waals surface area contributed by atoms with E-state index in [1.54, 1.807) is 12.1 Å². The molecule has 1 fully saturated rings. The highest BCUT2D eigenvalue weighted by Gasteiger charge is 2.43. The zero-order valence-electron chi connectivity index (χ0n) is 10.8. The summed E-state index contributed by atoms with van der Waals surface area (Å²) in [6.45, 7) is -0.455. The first-order chi connectivity index (χ1) is 10.0. The van der Waals surface area contributed by atoms with Gasteiger partial charge in [0.05, 0.1) is 12.9 Å². The number of anilines is 1. The Kier molecular flexibility index (Phi) is 4.21. The second-order valence-corrected chi connectivity index (χ2v) is 4.43. The van der Waals surface area contributed by atoms with Gasteiger partial charge in [-0.1, -0.05) is 0 Å². The Morgan fingerprint density at radius 2 is 2.10 bits per heavy atom. The van der Waals surface area contributed by atoms with Gasteiger partial charge in [0, 0.05) is 0 Å². The van der Waals surface area contributed by atoms with Gasteiger partial charge in [-0.15, -0.1) is 0 Å². The maximum absolute atomic E-state index is 9.91. The van der Waals surface area contributed by atoms with Gasteiger partial charge in [0.25, 0.3) is 0 Å². The Labute approximate surface area is 119 Å². The lowest BCUT2D eigenvalue weighted by molar-refractivity contribution is -0.0518. The molecule has 5 N–H and O–H groups in total. The summed E-state index contributed by atoms with van der Waals surface area (Å²) in [5, 5.41) is 46.0. The fourth-order valence-corrected chi connectivity index (χ4v) is 2.04. The molecular formula is C12H13N5O4. The molecule has 0 bridgehead atoms. The van der Waals surface area contributed by atoms with Crippen molar-refractivity contribution < 1.29 is 20.1 Å². The van der Waals surface area contributed by atoms with Crippen LogP contribution in [0.25, 0.3) is 6.08 Å². The SMILES string of the molecule is N#CC(C#N)=Cc1ncn([C@@H]2O[C@H](CO)[C@@H](O)[C@H]2O)c1N. The molecule has 0 radical (unpaired) electrons. The van der Waals surface area contributed by atoms with Crippen LogP contribution in [-0.2, 0) is 4.74 Å². The van der Waals surface area contributed by atoms with Crippen LogP contribution in [0.4, 0.5) is 5.82 Å². The van der Waals surface area contributed by atoms with Crippen LogP contribution < -0.4 is 5.73 Å². The van der Waals surface area contributed by atoms with E-state index in [9.17, 15) is 10.2 Å². The zero-order valence-corrected chi connectivity index (χ0v) is 10.8. The zero-order chi connectivity index (χ0) is 15.6. The lowest BCUT2D eigenvalue weighted by Gasteiger charge is -2.17. The van der Waals surface area contributed by atoms with E-state index in [0.29, 0.717) is 0 Å². The number of aliphatic hydroxyl groups is 3. The van der Waals surface area contributed by atoms with Gasteiger partial charge < -0.3 is 25.8 Å². The molecule has 9 heteroatoms. The molecule has 0 aromatic carbocycles. The maximum Gasteiger partial charge on any atom is 0.165 e. The number of allylic oxidation sites excluding steroid dienone is 1. The van der Waals surface area contributed by atoms with E-state index in [2.05, 4.69) is 4.98 Å². The smallest absolute Gasteiger partial charge is 0.165 e. The van der Waals surface area contributed by atoms with Crippen LogP contribution in [0.15, 0.2) is 11.9 Å². The molecule has 1 aromatic heterocycles. The number of hydrogen-bond donors (Lipinski definition) is 4. The highest BCUT2D eigenvalue weighted by molar-refractivity contribution is 5.66. The van der Waals surface area contributed by atoms with Gasteiger partial charge in [0.2, 0.25) is 0 Å². The first kappa shape index (κ1) is 15.0. The van der Waals surface area contributed by atoms with E-state index in [1.807, 2.05) is 0 Å². The van der Waals surface area contributed by atoms with Crippen molar-refractivity contribution in [1.82, 2.24) is 9.55 Å². The third-order valence-electron chi connectivity index (χ3n) is 3.18. The van der Waals surface area contributed by atoms with E-state index >= 15 is 0 Å². The molecule has 2 heterocycles. The second-order valence-electron chi connectivity index (χ2n) is 4.43. The first-order valence-electron chi connectivity index (χ1n) is 6.00. The Balaban J connectivity index is 2.32. The Hall–Kier alpha value is -2.43. The fraction of sp³-hybridized carbons (Fsp3) is 0.417. The van der Waals surface area contributed by atoms with Gasteiger partial charge >= 0.3 is 0 Å². The minimum absolute atomic E-state index is 0.0628. The van der Waals surface area contributed by atoms with E-state index < -0.39 is 31.1 Å². The Bertz CT molecular complexity index is 625. The van der Waals surface area contributed by atoms with Crippen LogP contribution >= 0.6 is 0 Å². The van der Waals surface area contributed by atoms with Crippen LogP contribution in [0.5, 0.6) is 0 Å². The van der Waals surface area contributed by atoms with Gasteiger partial charge in [-0.25, -0.2) is 4.98 Å². The number of nitriles is 2. The summed E-state index contributed by atoms with van der Waals surface area (Å²) >= 11 is 0. The van der Waals surface area contributed by atoms with Crippen LogP contribution in [-0.4, -0.2) is 49.8 Å². The number of imidazole rings is 1. The van der Waals surface area contributed by atoms with E-state index in [1.165, 1.54) is 17.0 Å². The number of aromatic nitrogens is 2. The number of rotatable bonds is 3. The number of nitrogen functional groups attached to an aromatic ring is 1. The van der Waals surface area contributed by atoms with Gasteiger partial charge in [-0.2, -0.15) is 10.5 Å². The number of nitrogens with zero attached hydrogens (tertiary/aromatic N) is 4. The van der Waals surface area contributed by atoms with Gasteiger partial charge in [-0.05, 0) is 6.08 Å². The fourth-order valence-electron chi connectivity index (χ4n) is 2.04. The van der Waals surface area contributed by atoms with Crippen molar-refractivity contribution in [3.63, 3.8) is 0 Å². The van der Waals surface area contributed by atoms with Crippen molar-refractivity contribution in [1.29, 1.82) is 10.5 Å². The van der Waals surface area contributed by atoms with Crippen LogP contribution in [0.1, 0.15) is 11.9 Å². The molecule has 4 atom stereocenters. The Morgan fingerprint density at radius 3 is 2.62 bits per heavy atom. The quantitative estimate of drug-likeness (QED) is 0.489. The third kappa shape index (κ3) is 2.59. The monoisotopic (exact) mass is 291 g/mol.